The molecule has 9 heteroatoms. The molecule has 0 aliphatic heterocycles. The molecule has 2 N–H and O–H groups in total. The molecule has 0 spiro atoms. The minimum absolute atomic E-state index is 0.0596. The van der Waals surface area contributed by atoms with E-state index in [0.29, 0.717) is 0 Å². The normalized spacial score (nSPS) is 12.0. The lowest BCUT2D eigenvalue weighted by molar-refractivity contribution is -0.137. The summed E-state index contributed by atoms with van der Waals surface area (Å²) in [6, 6.07) is 13.0. The van der Waals surface area contributed by atoms with E-state index in [0.717, 1.165) is 17.8 Å². The Hall–Kier alpha value is -2.77. The van der Waals surface area contributed by atoms with Crippen LogP contribution >= 0.6 is 12.2 Å². The monoisotopic (exact) mass is 365 g/mol. The maximum absolute atomic E-state index is 12.8. The molecule has 2 aromatic carbocycles. The van der Waals surface area contributed by atoms with Crippen molar-refractivity contribution in [1.82, 2.24) is 5.32 Å². The number of azide groups is 1. The Morgan fingerprint density at radius 3 is 2.52 bits per heavy atom. The molecule has 0 radical (unpaired) electrons. The lowest BCUT2D eigenvalue weighted by Crippen LogP contribution is -2.31. The number of para-hydroxylation sites is 1. The molecule has 0 fully saturated rings. The van der Waals surface area contributed by atoms with Crippen molar-refractivity contribution in [3.05, 3.63) is 76.2 Å². The fraction of sp³-hybridized carbons (Fsp3) is 0.188. The Morgan fingerprint density at radius 1 is 1.16 bits per heavy atom. The summed E-state index contributed by atoms with van der Waals surface area (Å²) in [5.41, 5.74) is 8.91. The van der Waals surface area contributed by atoms with Gasteiger partial charge in [-0.3, -0.25) is 0 Å². The zero-order valence-corrected chi connectivity index (χ0v) is 13.7. The Kier molecular flexibility index (Phi) is 6.21. The molecule has 0 aromatic heterocycles. The zero-order chi connectivity index (χ0) is 18.3. The van der Waals surface area contributed by atoms with E-state index in [-0.39, 0.29) is 17.2 Å². The highest BCUT2D eigenvalue weighted by molar-refractivity contribution is 7.80. The summed E-state index contributed by atoms with van der Waals surface area (Å²) in [4.78, 5) is 2.71. The molecular formula is C16H14F3N5S. The number of alkyl halides is 3. The van der Waals surface area contributed by atoms with Crippen LogP contribution in [0.4, 0.5) is 18.9 Å². The van der Waals surface area contributed by atoms with E-state index in [4.69, 9.17) is 17.7 Å². The summed E-state index contributed by atoms with van der Waals surface area (Å²) >= 11 is 5.14. The van der Waals surface area contributed by atoms with Gasteiger partial charge in [0.25, 0.3) is 0 Å². The second kappa shape index (κ2) is 8.36. The van der Waals surface area contributed by atoms with Crippen LogP contribution in [0.25, 0.3) is 10.4 Å². The molecule has 0 aliphatic carbocycles. The fourth-order valence-corrected chi connectivity index (χ4v) is 2.30. The van der Waals surface area contributed by atoms with Crippen LogP contribution in [0.3, 0.4) is 0 Å². The van der Waals surface area contributed by atoms with E-state index < -0.39 is 17.8 Å². The van der Waals surface area contributed by atoms with Crippen LogP contribution < -0.4 is 10.6 Å². The van der Waals surface area contributed by atoms with Gasteiger partial charge in [-0.05, 0) is 41.5 Å². The van der Waals surface area contributed by atoms with Gasteiger partial charge >= 0.3 is 6.18 Å². The van der Waals surface area contributed by atoms with E-state index in [2.05, 4.69) is 20.7 Å². The predicted molar refractivity (Wildman–Crippen MR) is 94.0 cm³/mol. The second-order valence-electron chi connectivity index (χ2n) is 5.04. The van der Waals surface area contributed by atoms with Crippen molar-refractivity contribution in [1.29, 1.82) is 0 Å². The maximum Gasteiger partial charge on any atom is 0.416 e. The highest BCUT2D eigenvalue weighted by Crippen LogP contribution is 2.31. The van der Waals surface area contributed by atoms with Crippen LogP contribution in [0.2, 0.25) is 0 Å². The predicted octanol–water partition coefficient (Wildman–Crippen LogP) is 5.04. The number of thiocarbonyl (C=S) groups is 1. The van der Waals surface area contributed by atoms with Gasteiger partial charge in [0.05, 0.1) is 11.6 Å². The summed E-state index contributed by atoms with van der Waals surface area (Å²) in [7, 11) is 0. The SMILES string of the molecule is [N-]=[N+]=N[C@@H](CNC(=S)Nc1ccccc1)c1cccc(C(F)(F)F)c1. The van der Waals surface area contributed by atoms with E-state index in [1.54, 1.807) is 0 Å². The molecule has 25 heavy (non-hydrogen) atoms. The molecule has 130 valence electrons. The number of hydrogen-bond acceptors (Lipinski definition) is 2. The molecule has 0 aliphatic rings. The van der Waals surface area contributed by atoms with Gasteiger partial charge in [-0.2, -0.15) is 13.2 Å². The molecule has 5 nitrogen and oxygen atoms in total. The van der Waals surface area contributed by atoms with Gasteiger partial charge in [-0.15, -0.1) is 0 Å². The molecular weight excluding hydrogens is 351 g/mol. The van der Waals surface area contributed by atoms with E-state index in [9.17, 15) is 13.2 Å². The quantitative estimate of drug-likeness (QED) is 0.337. The largest absolute Gasteiger partial charge is 0.416 e. The van der Waals surface area contributed by atoms with Gasteiger partial charge in [0, 0.05) is 17.1 Å². The minimum atomic E-state index is -4.46. The van der Waals surface area contributed by atoms with Gasteiger partial charge in [-0.1, -0.05) is 41.5 Å². The first kappa shape index (κ1) is 18.6. The zero-order valence-electron chi connectivity index (χ0n) is 12.9. The van der Waals surface area contributed by atoms with Crippen LogP contribution in [0.5, 0.6) is 0 Å². The smallest absolute Gasteiger partial charge is 0.362 e. The number of nitrogens with one attached hydrogen (secondary N) is 2. The summed E-state index contributed by atoms with van der Waals surface area (Å²) in [6.45, 7) is 0.0596. The number of anilines is 1. The Bertz CT molecular complexity index is 773. The molecule has 0 amide bonds. The molecule has 0 saturated carbocycles. The van der Waals surface area contributed by atoms with Crippen molar-refractivity contribution in [2.45, 2.75) is 12.2 Å². The first-order valence-corrected chi connectivity index (χ1v) is 7.62. The average molecular weight is 365 g/mol. The number of hydrogen-bond donors (Lipinski definition) is 2. The third-order valence-electron chi connectivity index (χ3n) is 3.28. The first-order valence-electron chi connectivity index (χ1n) is 7.21. The summed E-state index contributed by atoms with van der Waals surface area (Å²) in [5, 5.41) is 9.61. The van der Waals surface area contributed by atoms with Crippen LogP contribution in [-0.2, 0) is 6.18 Å². The molecule has 0 bridgehead atoms. The van der Waals surface area contributed by atoms with Crippen molar-refractivity contribution in [2.75, 3.05) is 11.9 Å². The van der Waals surface area contributed by atoms with Gasteiger partial charge in [0.1, 0.15) is 0 Å². The number of benzene rings is 2. The van der Waals surface area contributed by atoms with E-state index >= 15 is 0 Å². The van der Waals surface area contributed by atoms with Gasteiger partial charge in [0.15, 0.2) is 5.11 Å². The van der Waals surface area contributed by atoms with Crippen molar-refractivity contribution < 1.29 is 13.2 Å². The standard InChI is InChI=1S/C16H14F3N5S/c17-16(18,19)12-6-4-5-11(9-12)14(23-24-20)10-21-15(25)22-13-7-2-1-3-8-13/h1-9,14H,10H2,(H2,21,22,25)/t14-/m0/s1. The van der Waals surface area contributed by atoms with Gasteiger partial charge < -0.3 is 10.6 Å². The molecule has 0 saturated heterocycles. The Labute approximate surface area is 147 Å². The number of halogens is 3. The van der Waals surface area contributed by atoms with Crippen molar-refractivity contribution in [3.63, 3.8) is 0 Å². The third-order valence-corrected chi connectivity index (χ3v) is 3.52. The number of nitrogens with zero attached hydrogens (tertiary/aromatic N) is 3. The van der Waals surface area contributed by atoms with Gasteiger partial charge in [0.2, 0.25) is 0 Å². The molecule has 2 aromatic rings. The summed E-state index contributed by atoms with van der Waals surface area (Å²) in [5.74, 6) is 0. The van der Waals surface area contributed by atoms with Crippen molar-refractivity contribution in [2.24, 2.45) is 5.11 Å². The lowest BCUT2D eigenvalue weighted by atomic mass is 10.0. The first-order chi connectivity index (χ1) is 11.9. The Balaban J connectivity index is 2.06. The highest BCUT2D eigenvalue weighted by Gasteiger charge is 2.30. The Morgan fingerprint density at radius 2 is 1.88 bits per heavy atom. The summed E-state index contributed by atoms with van der Waals surface area (Å²) < 4.78 is 38.5. The topological polar surface area (TPSA) is 72.8 Å². The van der Waals surface area contributed by atoms with Crippen LogP contribution in [0.15, 0.2) is 59.7 Å². The number of rotatable bonds is 5. The van der Waals surface area contributed by atoms with Crippen molar-refractivity contribution in [3.8, 4) is 0 Å². The molecule has 1 atom stereocenters. The fourth-order valence-electron chi connectivity index (χ4n) is 2.10. The maximum atomic E-state index is 12.8. The van der Waals surface area contributed by atoms with Crippen LogP contribution in [-0.4, -0.2) is 11.7 Å². The van der Waals surface area contributed by atoms with Crippen molar-refractivity contribution >= 4 is 23.0 Å². The average Bonchev–Trinajstić information content (AvgIpc) is 2.59. The third kappa shape index (κ3) is 5.66. The molecule has 0 unspecified atom stereocenters. The summed E-state index contributed by atoms with van der Waals surface area (Å²) in [6.07, 6.45) is -4.46. The minimum Gasteiger partial charge on any atom is -0.362 e. The highest BCUT2D eigenvalue weighted by atomic mass is 32.1. The van der Waals surface area contributed by atoms with E-state index in [1.165, 1.54) is 12.1 Å². The lowest BCUT2D eigenvalue weighted by Gasteiger charge is -2.16. The molecule has 2 rings (SSSR count). The van der Waals surface area contributed by atoms with E-state index in [1.807, 2.05) is 30.3 Å². The second-order valence-corrected chi connectivity index (χ2v) is 5.45. The van der Waals surface area contributed by atoms with Gasteiger partial charge in [-0.25, -0.2) is 0 Å². The van der Waals surface area contributed by atoms with Crippen LogP contribution in [0.1, 0.15) is 17.2 Å². The molecule has 0 heterocycles. The van der Waals surface area contributed by atoms with Crippen LogP contribution in [0, 0.1) is 0 Å².